The predicted molar refractivity (Wildman–Crippen MR) is 61.6 cm³/mol. The number of likely N-dealkylation sites (tertiary alicyclic amines) is 1. The van der Waals surface area contributed by atoms with Gasteiger partial charge in [0.2, 0.25) is 0 Å². The van der Waals surface area contributed by atoms with Crippen LogP contribution in [0.1, 0.15) is 26.2 Å². The van der Waals surface area contributed by atoms with E-state index in [1.165, 1.54) is 0 Å². The fourth-order valence-corrected chi connectivity index (χ4v) is 1.97. The molecule has 1 saturated heterocycles. The largest absolute Gasteiger partial charge is 0.481 e. The van der Waals surface area contributed by atoms with Crippen molar-refractivity contribution in [3.05, 3.63) is 0 Å². The molecule has 1 aliphatic heterocycles. The lowest BCUT2D eigenvalue weighted by atomic mass is 9.92. The van der Waals surface area contributed by atoms with Gasteiger partial charge in [0.1, 0.15) is 0 Å². The van der Waals surface area contributed by atoms with Gasteiger partial charge in [-0.3, -0.25) is 4.79 Å². The van der Waals surface area contributed by atoms with Crippen LogP contribution in [0.2, 0.25) is 0 Å². The Morgan fingerprint density at radius 2 is 2.00 bits per heavy atom. The molecule has 0 aromatic carbocycles. The Hall–Kier alpha value is -1.30. The molecule has 1 atom stereocenters. The molecule has 1 aliphatic rings. The van der Waals surface area contributed by atoms with E-state index >= 15 is 0 Å². The first kappa shape index (κ1) is 13.8. The summed E-state index contributed by atoms with van der Waals surface area (Å²) in [5.41, 5.74) is 0. The molecule has 0 spiro atoms. The zero-order valence-corrected chi connectivity index (χ0v) is 10.1. The Morgan fingerprint density at radius 3 is 2.47 bits per heavy atom. The SMILES string of the molecule is CC(O)C1CCN(C(=O)NCCC(=O)O)CC1. The molecule has 1 fully saturated rings. The van der Waals surface area contributed by atoms with E-state index < -0.39 is 5.97 Å². The Morgan fingerprint density at radius 1 is 1.41 bits per heavy atom. The topological polar surface area (TPSA) is 89.9 Å². The highest BCUT2D eigenvalue weighted by molar-refractivity contribution is 5.75. The second-order valence-corrected chi connectivity index (χ2v) is 4.44. The van der Waals surface area contributed by atoms with Crippen molar-refractivity contribution in [1.82, 2.24) is 10.2 Å². The van der Waals surface area contributed by atoms with Crippen molar-refractivity contribution in [2.24, 2.45) is 5.92 Å². The van der Waals surface area contributed by atoms with Gasteiger partial charge in [0.15, 0.2) is 0 Å². The summed E-state index contributed by atoms with van der Waals surface area (Å²) in [5, 5.41) is 20.4. The average molecular weight is 244 g/mol. The highest BCUT2D eigenvalue weighted by atomic mass is 16.4. The van der Waals surface area contributed by atoms with Crippen LogP contribution < -0.4 is 5.32 Å². The second-order valence-electron chi connectivity index (χ2n) is 4.44. The standard InChI is InChI=1S/C11H20N2O4/c1-8(14)9-3-6-13(7-4-9)11(17)12-5-2-10(15)16/h8-9,14H,2-7H2,1H3,(H,12,17)(H,15,16). The average Bonchev–Trinajstić information content (AvgIpc) is 2.28. The molecule has 0 radical (unpaired) electrons. The van der Waals surface area contributed by atoms with Gasteiger partial charge in [-0.05, 0) is 25.7 Å². The van der Waals surface area contributed by atoms with Crippen LogP contribution in [-0.2, 0) is 4.79 Å². The fourth-order valence-electron chi connectivity index (χ4n) is 1.97. The number of hydrogen-bond donors (Lipinski definition) is 3. The Bertz CT molecular complexity index is 273. The Balaban J connectivity index is 2.24. The number of amides is 2. The number of nitrogens with zero attached hydrogens (tertiary/aromatic N) is 1. The lowest BCUT2D eigenvalue weighted by molar-refractivity contribution is -0.136. The molecule has 17 heavy (non-hydrogen) atoms. The first-order valence-corrected chi connectivity index (χ1v) is 5.93. The summed E-state index contributed by atoms with van der Waals surface area (Å²) < 4.78 is 0. The lowest BCUT2D eigenvalue weighted by Gasteiger charge is -2.33. The number of carbonyl (C=O) groups is 2. The quantitative estimate of drug-likeness (QED) is 0.662. The van der Waals surface area contributed by atoms with E-state index in [9.17, 15) is 14.7 Å². The van der Waals surface area contributed by atoms with Crippen molar-refractivity contribution in [3.63, 3.8) is 0 Å². The van der Waals surface area contributed by atoms with Gasteiger partial charge < -0.3 is 20.4 Å². The maximum absolute atomic E-state index is 11.6. The molecule has 98 valence electrons. The summed E-state index contributed by atoms with van der Waals surface area (Å²) in [6.45, 7) is 3.17. The van der Waals surface area contributed by atoms with E-state index in [1.807, 2.05) is 0 Å². The molecule has 0 aliphatic carbocycles. The number of carboxylic acids is 1. The maximum atomic E-state index is 11.6. The van der Waals surface area contributed by atoms with Crippen molar-refractivity contribution < 1.29 is 19.8 Å². The Labute approximate surface area is 101 Å². The third kappa shape index (κ3) is 4.60. The number of carbonyl (C=O) groups excluding carboxylic acids is 1. The number of aliphatic hydroxyl groups is 1. The van der Waals surface area contributed by atoms with Gasteiger partial charge in [-0.15, -0.1) is 0 Å². The van der Waals surface area contributed by atoms with E-state index in [4.69, 9.17) is 5.11 Å². The zero-order valence-electron chi connectivity index (χ0n) is 10.1. The van der Waals surface area contributed by atoms with Crippen LogP contribution in [0.5, 0.6) is 0 Å². The third-order valence-corrected chi connectivity index (χ3v) is 3.12. The monoisotopic (exact) mass is 244 g/mol. The summed E-state index contributed by atoms with van der Waals surface area (Å²) >= 11 is 0. The van der Waals surface area contributed by atoms with E-state index in [0.29, 0.717) is 13.1 Å². The number of aliphatic carboxylic acids is 1. The minimum absolute atomic E-state index is 0.0596. The van der Waals surface area contributed by atoms with Gasteiger partial charge in [-0.1, -0.05) is 0 Å². The molecule has 6 heteroatoms. The molecule has 0 aromatic rings. The summed E-state index contributed by atoms with van der Waals surface area (Å²) in [7, 11) is 0. The highest BCUT2D eigenvalue weighted by Crippen LogP contribution is 2.20. The summed E-state index contributed by atoms with van der Waals surface area (Å²) in [6, 6.07) is -0.213. The van der Waals surface area contributed by atoms with Gasteiger partial charge in [0, 0.05) is 19.6 Å². The van der Waals surface area contributed by atoms with Crippen molar-refractivity contribution in [3.8, 4) is 0 Å². The molecule has 0 saturated carbocycles. The number of carboxylic acid groups (broad SMARTS) is 1. The normalized spacial score (nSPS) is 18.8. The van der Waals surface area contributed by atoms with Crippen LogP contribution >= 0.6 is 0 Å². The van der Waals surface area contributed by atoms with E-state index in [-0.39, 0.29) is 31.0 Å². The number of aliphatic hydroxyl groups excluding tert-OH is 1. The van der Waals surface area contributed by atoms with Gasteiger partial charge in [-0.25, -0.2) is 4.79 Å². The molecule has 0 aromatic heterocycles. The third-order valence-electron chi connectivity index (χ3n) is 3.12. The van der Waals surface area contributed by atoms with Crippen LogP contribution in [0.15, 0.2) is 0 Å². The van der Waals surface area contributed by atoms with Crippen molar-refractivity contribution >= 4 is 12.0 Å². The van der Waals surface area contributed by atoms with E-state index in [2.05, 4.69) is 5.32 Å². The van der Waals surface area contributed by atoms with Crippen LogP contribution in [0.4, 0.5) is 4.79 Å². The summed E-state index contributed by atoms with van der Waals surface area (Å²) in [5.74, 6) is -0.656. The fraction of sp³-hybridized carbons (Fsp3) is 0.818. The molecule has 1 rings (SSSR count). The van der Waals surface area contributed by atoms with E-state index in [1.54, 1.807) is 11.8 Å². The highest BCUT2D eigenvalue weighted by Gasteiger charge is 2.25. The molecule has 1 unspecified atom stereocenters. The van der Waals surface area contributed by atoms with Gasteiger partial charge in [-0.2, -0.15) is 0 Å². The minimum atomic E-state index is -0.918. The van der Waals surface area contributed by atoms with Crippen LogP contribution in [0.3, 0.4) is 0 Å². The number of rotatable bonds is 4. The smallest absolute Gasteiger partial charge is 0.317 e. The molecule has 6 nitrogen and oxygen atoms in total. The minimum Gasteiger partial charge on any atom is -0.481 e. The van der Waals surface area contributed by atoms with Gasteiger partial charge in [0.05, 0.1) is 12.5 Å². The maximum Gasteiger partial charge on any atom is 0.317 e. The number of nitrogens with one attached hydrogen (secondary N) is 1. The van der Waals surface area contributed by atoms with Gasteiger partial charge >= 0.3 is 12.0 Å². The van der Waals surface area contributed by atoms with Crippen molar-refractivity contribution in [2.45, 2.75) is 32.3 Å². The van der Waals surface area contributed by atoms with Crippen molar-refractivity contribution in [1.29, 1.82) is 0 Å². The number of piperidine rings is 1. The molecule has 0 bridgehead atoms. The molecular weight excluding hydrogens is 224 g/mol. The van der Waals surface area contributed by atoms with Crippen LogP contribution in [0, 0.1) is 5.92 Å². The predicted octanol–water partition coefficient (Wildman–Crippen LogP) is 0.263. The van der Waals surface area contributed by atoms with Crippen molar-refractivity contribution in [2.75, 3.05) is 19.6 Å². The van der Waals surface area contributed by atoms with Crippen LogP contribution in [-0.4, -0.2) is 52.9 Å². The summed E-state index contributed by atoms with van der Waals surface area (Å²) in [4.78, 5) is 23.6. The lowest BCUT2D eigenvalue weighted by Crippen LogP contribution is -2.46. The van der Waals surface area contributed by atoms with Gasteiger partial charge in [0.25, 0.3) is 0 Å². The zero-order chi connectivity index (χ0) is 12.8. The number of urea groups is 1. The first-order chi connectivity index (χ1) is 8.00. The first-order valence-electron chi connectivity index (χ1n) is 5.93. The molecule has 2 amide bonds. The Kier molecular flexibility index (Phi) is 5.21. The molecular formula is C11H20N2O4. The molecule has 3 N–H and O–H groups in total. The molecule has 1 heterocycles. The van der Waals surface area contributed by atoms with Crippen LogP contribution in [0.25, 0.3) is 0 Å². The number of hydrogen-bond acceptors (Lipinski definition) is 3. The van der Waals surface area contributed by atoms with E-state index in [0.717, 1.165) is 12.8 Å². The summed E-state index contributed by atoms with van der Waals surface area (Å²) in [6.07, 6.45) is 1.21. The second kappa shape index (κ2) is 6.44.